The number of hydrogen-bond donors (Lipinski definition) is 0. The fraction of sp³-hybridized carbons (Fsp3) is 0.588. The standard InChI is InChI=1S/C17H25NO3/c1-17(2)10-15(14(12-20-17)11-18(3)4)21-16(19)13-8-6-5-7-9-13/h5-9,14-15H,10-12H2,1-4H3/t14-,15-/m1/s1. The molecule has 4 heteroatoms. The van der Waals surface area contributed by atoms with Crippen LogP contribution >= 0.6 is 0 Å². The summed E-state index contributed by atoms with van der Waals surface area (Å²) in [6.45, 7) is 5.56. The zero-order valence-electron chi connectivity index (χ0n) is 13.3. The predicted molar refractivity (Wildman–Crippen MR) is 82.3 cm³/mol. The molecule has 1 heterocycles. The summed E-state index contributed by atoms with van der Waals surface area (Å²) in [5, 5.41) is 0. The molecule has 1 aromatic carbocycles. The fourth-order valence-electron chi connectivity index (χ4n) is 2.71. The number of ether oxygens (including phenoxy) is 2. The lowest BCUT2D eigenvalue weighted by molar-refractivity contribution is -0.135. The van der Waals surface area contributed by atoms with Crippen molar-refractivity contribution in [2.45, 2.75) is 32.0 Å². The van der Waals surface area contributed by atoms with E-state index in [-0.39, 0.29) is 23.6 Å². The van der Waals surface area contributed by atoms with E-state index in [0.29, 0.717) is 12.2 Å². The van der Waals surface area contributed by atoms with E-state index in [1.165, 1.54) is 0 Å². The Labute approximate surface area is 127 Å². The molecule has 1 fully saturated rings. The summed E-state index contributed by atoms with van der Waals surface area (Å²) < 4.78 is 11.7. The number of carbonyl (C=O) groups excluding carboxylic acids is 1. The predicted octanol–water partition coefficient (Wildman–Crippen LogP) is 2.59. The Bertz CT molecular complexity index is 470. The van der Waals surface area contributed by atoms with E-state index in [1.54, 1.807) is 12.1 Å². The lowest BCUT2D eigenvalue weighted by Crippen LogP contribution is -2.48. The molecule has 4 nitrogen and oxygen atoms in total. The molecule has 0 amide bonds. The van der Waals surface area contributed by atoms with Gasteiger partial charge in [0, 0.05) is 18.9 Å². The molecule has 0 N–H and O–H groups in total. The zero-order valence-corrected chi connectivity index (χ0v) is 13.3. The van der Waals surface area contributed by atoms with Crippen LogP contribution in [0.4, 0.5) is 0 Å². The smallest absolute Gasteiger partial charge is 0.338 e. The molecular formula is C17H25NO3. The topological polar surface area (TPSA) is 38.8 Å². The van der Waals surface area contributed by atoms with E-state index in [0.717, 1.165) is 13.0 Å². The SMILES string of the molecule is CN(C)C[C@@H]1COC(C)(C)C[C@H]1OC(=O)c1ccccc1. The first-order chi connectivity index (χ1) is 9.87. The summed E-state index contributed by atoms with van der Waals surface area (Å²) in [5.41, 5.74) is 0.357. The van der Waals surface area contributed by atoms with E-state index < -0.39 is 0 Å². The summed E-state index contributed by atoms with van der Waals surface area (Å²) in [4.78, 5) is 14.4. The molecule has 0 aliphatic carbocycles. The lowest BCUT2D eigenvalue weighted by Gasteiger charge is -2.41. The molecule has 2 atom stereocenters. The van der Waals surface area contributed by atoms with Crippen LogP contribution in [0, 0.1) is 5.92 Å². The van der Waals surface area contributed by atoms with Crippen molar-refractivity contribution in [3.63, 3.8) is 0 Å². The third-order valence-corrected chi connectivity index (χ3v) is 3.77. The van der Waals surface area contributed by atoms with Gasteiger partial charge in [0.05, 0.1) is 17.8 Å². The first-order valence-electron chi connectivity index (χ1n) is 7.42. The van der Waals surface area contributed by atoms with Gasteiger partial charge >= 0.3 is 5.97 Å². The van der Waals surface area contributed by atoms with Crippen molar-refractivity contribution in [2.24, 2.45) is 5.92 Å². The van der Waals surface area contributed by atoms with Crippen LogP contribution < -0.4 is 0 Å². The maximum atomic E-state index is 12.3. The molecule has 0 bridgehead atoms. The normalized spacial score (nSPS) is 24.8. The summed E-state index contributed by atoms with van der Waals surface area (Å²) in [6, 6.07) is 9.16. The van der Waals surface area contributed by atoms with E-state index in [4.69, 9.17) is 9.47 Å². The van der Waals surface area contributed by atoms with Crippen LogP contribution in [0.25, 0.3) is 0 Å². The van der Waals surface area contributed by atoms with Crippen LogP contribution in [-0.4, -0.2) is 49.8 Å². The van der Waals surface area contributed by atoms with Gasteiger partial charge < -0.3 is 14.4 Å². The number of rotatable bonds is 4. The van der Waals surface area contributed by atoms with Gasteiger partial charge in [-0.15, -0.1) is 0 Å². The van der Waals surface area contributed by atoms with Crippen molar-refractivity contribution in [2.75, 3.05) is 27.2 Å². The van der Waals surface area contributed by atoms with Crippen LogP contribution in [0.5, 0.6) is 0 Å². The average molecular weight is 291 g/mol. The molecule has 2 rings (SSSR count). The number of carbonyl (C=O) groups is 1. The van der Waals surface area contributed by atoms with Crippen LogP contribution in [0.1, 0.15) is 30.6 Å². The molecule has 1 aliphatic rings. The Hall–Kier alpha value is -1.39. The van der Waals surface area contributed by atoms with E-state index in [9.17, 15) is 4.79 Å². The minimum absolute atomic E-state index is 0.108. The lowest BCUT2D eigenvalue weighted by atomic mass is 9.88. The van der Waals surface area contributed by atoms with Crippen molar-refractivity contribution in [3.05, 3.63) is 35.9 Å². The summed E-state index contributed by atoms with van der Waals surface area (Å²) in [5.74, 6) is -0.0391. The van der Waals surface area contributed by atoms with Crippen LogP contribution in [-0.2, 0) is 9.47 Å². The van der Waals surface area contributed by atoms with Gasteiger partial charge in [-0.05, 0) is 40.1 Å². The van der Waals surface area contributed by atoms with E-state index in [1.807, 2.05) is 46.1 Å². The minimum Gasteiger partial charge on any atom is -0.458 e. The zero-order chi connectivity index (χ0) is 15.5. The quantitative estimate of drug-likeness (QED) is 0.799. The molecule has 0 unspecified atom stereocenters. The molecule has 1 aliphatic heterocycles. The maximum absolute atomic E-state index is 12.3. The molecule has 1 aromatic rings. The van der Waals surface area contributed by atoms with Gasteiger partial charge in [0.1, 0.15) is 6.10 Å². The molecule has 0 saturated carbocycles. The highest BCUT2D eigenvalue weighted by atomic mass is 16.6. The van der Waals surface area contributed by atoms with Crippen molar-refractivity contribution in [1.82, 2.24) is 4.90 Å². The molecular weight excluding hydrogens is 266 g/mol. The second-order valence-electron chi connectivity index (χ2n) is 6.61. The van der Waals surface area contributed by atoms with Crippen LogP contribution in [0.15, 0.2) is 30.3 Å². The van der Waals surface area contributed by atoms with Gasteiger partial charge in [0.2, 0.25) is 0 Å². The first kappa shape index (κ1) is 16.0. The summed E-state index contributed by atoms with van der Waals surface area (Å²) >= 11 is 0. The van der Waals surface area contributed by atoms with Gasteiger partial charge in [0.25, 0.3) is 0 Å². The fourth-order valence-corrected chi connectivity index (χ4v) is 2.71. The Kier molecular flexibility index (Phi) is 5.01. The minimum atomic E-state index is -0.248. The van der Waals surface area contributed by atoms with E-state index >= 15 is 0 Å². The molecule has 21 heavy (non-hydrogen) atoms. The molecule has 0 radical (unpaired) electrons. The second-order valence-corrected chi connectivity index (χ2v) is 6.61. The Morgan fingerprint density at radius 3 is 2.62 bits per heavy atom. The van der Waals surface area contributed by atoms with Crippen LogP contribution in [0.2, 0.25) is 0 Å². The highest BCUT2D eigenvalue weighted by molar-refractivity contribution is 5.89. The Morgan fingerprint density at radius 1 is 1.33 bits per heavy atom. The Morgan fingerprint density at radius 2 is 2.00 bits per heavy atom. The molecule has 0 spiro atoms. The largest absolute Gasteiger partial charge is 0.458 e. The highest BCUT2D eigenvalue weighted by Gasteiger charge is 2.38. The monoisotopic (exact) mass is 291 g/mol. The van der Waals surface area contributed by atoms with Crippen molar-refractivity contribution in [3.8, 4) is 0 Å². The van der Waals surface area contributed by atoms with Gasteiger partial charge in [-0.25, -0.2) is 4.79 Å². The number of esters is 1. The summed E-state index contributed by atoms with van der Waals surface area (Å²) in [6.07, 6.45) is 0.619. The summed E-state index contributed by atoms with van der Waals surface area (Å²) in [7, 11) is 4.05. The molecule has 116 valence electrons. The van der Waals surface area contributed by atoms with Crippen molar-refractivity contribution >= 4 is 5.97 Å². The third-order valence-electron chi connectivity index (χ3n) is 3.77. The van der Waals surface area contributed by atoms with Crippen molar-refractivity contribution < 1.29 is 14.3 Å². The van der Waals surface area contributed by atoms with Gasteiger partial charge in [0.15, 0.2) is 0 Å². The highest BCUT2D eigenvalue weighted by Crippen LogP contribution is 2.30. The van der Waals surface area contributed by atoms with Crippen molar-refractivity contribution in [1.29, 1.82) is 0 Å². The van der Waals surface area contributed by atoms with E-state index in [2.05, 4.69) is 4.90 Å². The number of nitrogens with zero attached hydrogens (tertiary/aromatic N) is 1. The first-order valence-corrected chi connectivity index (χ1v) is 7.42. The van der Waals surface area contributed by atoms with Gasteiger partial charge in [-0.3, -0.25) is 0 Å². The molecule has 1 saturated heterocycles. The van der Waals surface area contributed by atoms with Crippen LogP contribution in [0.3, 0.4) is 0 Å². The number of benzene rings is 1. The second kappa shape index (κ2) is 6.58. The average Bonchev–Trinajstić information content (AvgIpc) is 2.42. The third kappa shape index (κ3) is 4.55. The maximum Gasteiger partial charge on any atom is 0.338 e. The van der Waals surface area contributed by atoms with Gasteiger partial charge in [-0.1, -0.05) is 18.2 Å². The number of hydrogen-bond acceptors (Lipinski definition) is 4. The van der Waals surface area contributed by atoms with Gasteiger partial charge in [-0.2, -0.15) is 0 Å². The Balaban J connectivity index is 2.07. The molecule has 0 aromatic heterocycles.